The van der Waals surface area contributed by atoms with Crippen LogP contribution in [0.2, 0.25) is 0 Å². The second-order valence-electron chi connectivity index (χ2n) is 7.35. The molecular formula is C19H27N3O3. The summed E-state index contributed by atoms with van der Waals surface area (Å²) in [7, 11) is 0. The van der Waals surface area contributed by atoms with Crippen molar-refractivity contribution in [1.29, 1.82) is 0 Å². The Kier molecular flexibility index (Phi) is 4.92. The van der Waals surface area contributed by atoms with E-state index >= 15 is 0 Å². The van der Waals surface area contributed by atoms with E-state index in [1.54, 1.807) is 0 Å². The van der Waals surface area contributed by atoms with E-state index in [0.29, 0.717) is 19.1 Å². The van der Waals surface area contributed by atoms with Crippen LogP contribution in [0.1, 0.15) is 35.2 Å². The maximum atomic E-state index is 12.8. The predicted molar refractivity (Wildman–Crippen MR) is 95.9 cm³/mol. The fourth-order valence-electron chi connectivity index (χ4n) is 4.33. The second kappa shape index (κ2) is 7.32. The van der Waals surface area contributed by atoms with Crippen molar-refractivity contribution in [3.63, 3.8) is 0 Å². The monoisotopic (exact) mass is 345 g/mol. The second-order valence-corrected chi connectivity index (χ2v) is 7.35. The highest BCUT2D eigenvalue weighted by Crippen LogP contribution is 2.28. The molecule has 25 heavy (non-hydrogen) atoms. The van der Waals surface area contributed by atoms with Crippen LogP contribution in [0, 0.1) is 0 Å². The first-order valence-corrected chi connectivity index (χ1v) is 9.37. The zero-order valence-electron chi connectivity index (χ0n) is 14.5. The minimum absolute atomic E-state index is 0.0175. The molecule has 6 nitrogen and oxygen atoms in total. The van der Waals surface area contributed by atoms with Crippen LogP contribution in [0.5, 0.6) is 0 Å². The van der Waals surface area contributed by atoms with E-state index < -0.39 is 0 Å². The largest absolute Gasteiger partial charge is 0.396 e. The molecule has 2 saturated heterocycles. The number of benzene rings is 1. The van der Waals surface area contributed by atoms with Gasteiger partial charge in [-0.2, -0.15) is 0 Å². The Bertz CT molecular complexity index is 636. The third kappa shape index (κ3) is 3.52. The van der Waals surface area contributed by atoms with Gasteiger partial charge in [-0.3, -0.25) is 9.69 Å². The molecule has 3 N–H and O–H groups in total. The molecule has 0 aromatic heterocycles. The molecule has 0 radical (unpaired) electrons. The molecule has 2 fully saturated rings. The molecule has 6 heteroatoms. The molecule has 1 amide bonds. The first-order chi connectivity index (χ1) is 12.2. The Balaban J connectivity index is 1.39. The van der Waals surface area contributed by atoms with Gasteiger partial charge in [0.05, 0.1) is 24.0 Å². The molecule has 3 heterocycles. The number of amides is 1. The molecule has 4 rings (SSSR count). The molecule has 0 unspecified atom stereocenters. The van der Waals surface area contributed by atoms with Gasteiger partial charge in [0.2, 0.25) is 0 Å². The molecule has 136 valence electrons. The number of rotatable bonds is 4. The number of hydrogen-bond acceptors (Lipinski definition) is 5. The lowest BCUT2D eigenvalue weighted by atomic mass is 9.99. The van der Waals surface area contributed by atoms with E-state index in [9.17, 15) is 4.79 Å². The van der Waals surface area contributed by atoms with Crippen LogP contribution < -0.4 is 10.6 Å². The van der Waals surface area contributed by atoms with Gasteiger partial charge in [-0.05, 0) is 37.3 Å². The molecule has 3 aliphatic rings. The summed E-state index contributed by atoms with van der Waals surface area (Å²) in [5, 5.41) is 15.7. The van der Waals surface area contributed by atoms with E-state index in [1.165, 1.54) is 5.56 Å². The number of carbonyl (C=O) groups excluding carboxylic acids is 1. The summed E-state index contributed by atoms with van der Waals surface area (Å²) >= 11 is 0. The third-order valence-corrected chi connectivity index (χ3v) is 5.60. The Labute approximate surface area is 148 Å². The molecule has 0 spiro atoms. The fourth-order valence-corrected chi connectivity index (χ4v) is 4.33. The number of hydrogen-bond donors (Lipinski definition) is 3. The van der Waals surface area contributed by atoms with Crippen LogP contribution in [0.3, 0.4) is 0 Å². The van der Waals surface area contributed by atoms with Crippen LogP contribution in [0.4, 0.5) is 5.69 Å². The van der Waals surface area contributed by atoms with Gasteiger partial charge < -0.3 is 20.5 Å². The Morgan fingerprint density at radius 3 is 3.20 bits per heavy atom. The molecule has 3 aliphatic heterocycles. The van der Waals surface area contributed by atoms with Crippen molar-refractivity contribution in [1.82, 2.24) is 10.2 Å². The van der Waals surface area contributed by atoms with Gasteiger partial charge in [0.15, 0.2) is 0 Å². The highest BCUT2D eigenvalue weighted by atomic mass is 16.5. The topological polar surface area (TPSA) is 73.8 Å². The average molecular weight is 345 g/mol. The lowest BCUT2D eigenvalue weighted by molar-refractivity contribution is -0.0566. The van der Waals surface area contributed by atoms with Crippen molar-refractivity contribution in [2.45, 2.75) is 43.9 Å². The fraction of sp³-hybridized carbons (Fsp3) is 0.632. The standard InChI is InChI=1S/C19H27N3O3/c23-8-6-16-11-22-10-14(9-15(22)12-25-16)21-19(24)17-5-1-3-13-4-2-7-20-18(13)17/h1,3,5,14-16,20,23H,2,4,6-12H2,(H,21,24)/t14-,15+,16+/m1/s1. The lowest BCUT2D eigenvalue weighted by Gasteiger charge is -2.34. The summed E-state index contributed by atoms with van der Waals surface area (Å²) in [4.78, 5) is 15.2. The number of anilines is 1. The van der Waals surface area contributed by atoms with E-state index in [1.807, 2.05) is 12.1 Å². The van der Waals surface area contributed by atoms with Crippen molar-refractivity contribution in [3.8, 4) is 0 Å². The number of nitrogens with zero attached hydrogens (tertiary/aromatic N) is 1. The minimum Gasteiger partial charge on any atom is -0.396 e. The number of nitrogens with one attached hydrogen (secondary N) is 2. The van der Waals surface area contributed by atoms with Crippen LogP contribution in [0.25, 0.3) is 0 Å². The molecule has 1 aromatic rings. The zero-order valence-corrected chi connectivity index (χ0v) is 14.5. The average Bonchev–Trinajstić information content (AvgIpc) is 3.03. The minimum atomic E-state index is 0.0175. The number of ether oxygens (including phenoxy) is 1. The first-order valence-electron chi connectivity index (χ1n) is 9.37. The van der Waals surface area contributed by atoms with E-state index in [4.69, 9.17) is 9.84 Å². The summed E-state index contributed by atoms with van der Waals surface area (Å²) in [5.41, 5.74) is 3.01. The van der Waals surface area contributed by atoms with Crippen molar-refractivity contribution in [2.75, 3.05) is 38.2 Å². The number of carbonyl (C=O) groups is 1. The van der Waals surface area contributed by atoms with Crippen LogP contribution >= 0.6 is 0 Å². The van der Waals surface area contributed by atoms with Crippen molar-refractivity contribution in [2.24, 2.45) is 0 Å². The number of fused-ring (bicyclic) bond motifs is 2. The van der Waals surface area contributed by atoms with Crippen LogP contribution in [-0.2, 0) is 11.2 Å². The molecular weight excluding hydrogens is 318 g/mol. The first kappa shape index (κ1) is 16.8. The highest BCUT2D eigenvalue weighted by molar-refractivity contribution is 6.00. The Morgan fingerprint density at radius 2 is 2.32 bits per heavy atom. The van der Waals surface area contributed by atoms with Gasteiger partial charge >= 0.3 is 0 Å². The molecule has 0 bridgehead atoms. The number of aliphatic hydroxyl groups is 1. The van der Waals surface area contributed by atoms with Gasteiger partial charge in [-0.25, -0.2) is 0 Å². The van der Waals surface area contributed by atoms with Gasteiger partial charge in [0.25, 0.3) is 5.91 Å². The summed E-state index contributed by atoms with van der Waals surface area (Å²) in [6.45, 7) is 3.50. The normalized spacial score (nSPS) is 28.8. The number of aliphatic hydroxyl groups excluding tert-OH is 1. The quantitative estimate of drug-likeness (QED) is 0.759. The summed E-state index contributed by atoms with van der Waals surface area (Å²) in [6.07, 6.45) is 3.88. The van der Waals surface area contributed by atoms with Crippen LogP contribution in [0.15, 0.2) is 18.2 Å². The van der Waals surface area contributed by atoms with Crippen molar-refractivity contribution < 1.29 is 14.6 Å². The number of morpholine rings is 1. The van der Waals surface area contributed by atoms with Crippen molar-refractivity contribution >= 4 is 11.6 Å². The van der Waals surface area contributed by atoms with E-state index in [0.717, 1.165) is 50.1 Å². The van der Waals surface area contributed by atoms with Gasteiger partial charge in [0.1, 0.15) is 0 Å². The van der Waals surface area contributed by atoms with Gasteiger partial charge in [-0.15, -0.1) is 0 Å². The van der Waals surface area contributed by atoms with E-state index in [-0.39, 0.29) is 24.7 Å². The van der Waals surface area contributed by atoms with Crippen LogP contribution in [-0.4, -0.2) is 66.9 Å². The summed E-state index contributed by atoms with van der Waals surface area (Å²) in [6, 6.07) is 6.53. The number of para-hydroxylation sites is 1. The smallest absolute Gasteiger partial charge is 0.253 e. The van der Waals surface area contributed by atoms with Gasteiger partial charge in [0, 0.05) is 38.3 Å². The van der Waals surface area contributed by atoms with Crippen molar-refractivity contribution in [3.05, 3.63) is 29.3 Å². The third-order valence-electron chi connectivity index (χ3n) is 5.60. The summed E-state index contributed by atoms with van der Waals surface area (Å²) < 4.78 is 5.82. The molecule has 1 aromatic carbocycles. The summed E-state index contributed by atoms with van der Waals surface area (Å²) in [5.74, 6) is 0.0175. The Morgan fingerprint density at radius 1 is 1.40 bits per heavy atom. The highest BCUT2D eigenvalue weighted by Gasteiger charge is 2.38. The van der Waals surface area contributed by atoms with E-state index in [2.05, 4.69) is 21.6 Å². The SMILES string of the molecule is O=C(N[C@@H]1C[C@H]2CO[C@@H](CCO)CN2C1)c1cccc2c1NCCC2. The maximum Gasteiger partial charge on any atom is 0.253 e. The molecule has 0 aliphatic carbocycles. The molecule has 0 saturated carbocycles. The zero-order chi connectivity index (χ0) is 17.2. The molecule has 3 atom stereocenters. The lowest BCUT2D eigenvalue weighted by Crippen LogP contribution is -2.46. The number of aryl methyl sites for hydroxylation is 1. The van der Waals surface area contributed by atoms with Gasteiger partial charge in [-0.1, -0.05) is 12.1 Å². The predicted octanol–water partition coefficient (Wildman–Crippen LogP) is 0.999. The Hall–Kier alpha value is -1.63. The maximum absolute atomic E-state index is 12.8.